The van der Waals surface area contributed by atoms with Crippen LogP contribution in [0.15, 0.2) is 29.6 Å². The number of carbonyl (C=O) groups is 1. The number of aliphatic hydroxyl groups excluding tert-OH is 1. The Bertz CT molecular complexity index is 699. The fourth-order valence-electron chi connectivity index (χ4n) is 2.96. The maximum Gasteiger partial charge on any atom is 0.228 e. The number of hydrogen-bond donors (Lipinski definition) is 1. The Hall–Kier alpha value is -1.79. The molecule has 4 nitrogen and oxygen atoms in total. The zero-order valence-electron chi connectivity index (χ0n) is 13.6. The first-order chi connectivity index (χ1) is 11.5. The normalized spacial score (nSPS) is 18.8. The van der Waals surface area contributed by atoms with Gasteiger partial charge in [-0.1, -0.05) is 12.1 Å². The van der Waals surface area contributed by atoms with E-state index in [-0.39, 0.29) is 23.7 Å². The van der Waals surface area contributed by atoms with E-state index in [0.717, 1.165) is 22.7 Å². The molecule has 1 aliphatic rings. The molecule has 128 valence electrons. The van der Waals surface area contributed by atoms with E-state index in [4.69, 9.17) is 0 Å². The summed E-state index contributed by atoms with van der Waals surface area (Å²) in [6, 6.07) is 6.39. The van der Waals surface area contributed by atoms with Crippen molar-refractivity contribution in [2.75, 3.05) is 13.1 Å². The fourth-order valence-corrected chi connectivity index (χ4v) is 3.79. The molecule has 0 bridgehead atoms. The third-order valence-electron chi connectivity index (χ3n) is 4.46. The van der Waals surface area contributed by atoms with Crippen LogP contribution in [0.2, 0.25) is 0 Å². The molecule has 1 aromatic carbocycles. The van der Waals surface area contributed by atoms with Gasteiger partial charge in [0.2, 0.25) is 5.91 Å². The minimum atomic E-state index is -0.371. The van der Waals surface area contributed by atoms with E-state index < -0.39 is 0 Å². The molecule has 1 aliphatic heterocycles. The smallest absolute Gasteiger partial charge is 0.228 e. The van der Waals surface area contributed by atoms with Crippen LogP contribution in [0.3, 0.4) is 0 Å². The highest BCUT2D eigenvalue weighted by molar-refractivity contribution is 7.09. The van der Waals surface area contributed by atoms with Crippen molar-refractivity contribution in [1.82, 2.24) is 9.88 Å². The molecule has 1 saturated heterocycles. The summed E-state index contributed by atoms with van der Waals surface area (Å²) in [5.41, 5.74) is 1.78. The number of nitrogens with zero attached hydrogens (tertiary/aromatic N) is 2. The first kappa shape index (κ1) is 17.0. The summed E-state index contributed by atoms with van der Waals surface area (Å²) in [5, 5.41) is 12.5. The van der Waals surface area contributed by atoms with Crippen LogP contribution in [-0.2, 0) is 17.6 Å². The molecule has 2 aromatic rings. The summed E-state index contributed by atoms with van der Waals surface area (Å²) in [4.78, 5) is 18.7. The monoisotopic (exact) mass is 348 g/mol. The van der Waals surface area contributed by atoms with Crippen molar-refractivity contribution in [1.29, 1.82) is 0 Å². The van der Waals surface area contributed by atoms with Crippen molar-refractivity contribution in [2.45, 2.75) is 32.3 Å². The van der Waals surface area contributed by atoms with Gasteiger partial charge in [-0.25, -0.2) is 9.37 Å². The van der Waals surface area contributed by atoms with Crippen LogP contribution >= 0.6 is 11.3 Å². The van der Waals surface area contributed by atoms with Crippen molar-refractivity contribution in [2.24, 2.45) is 5.92 Å². The van der Waals surface area contributed by atoms with Crippen molar-refractivity contribution in [3.8, 4) is 0 Å². The van der Waals surface area contributed by atoms with Gasteiger partial charge in [-0.2, -0.15) is 0 Å². The third kappa shape index (κ3) is 4.19. The summed E-state index contributed by atoms with van der Waals surface area (Å²) in [6.45, 7) is 3.12. The van der Waals surface area contributed by atoms with E-state index in [2.05, 4.69) is 4.98 Å². The average molecular weight is 348 g/mol. The first-order valence-corrected chi connectivity index (χ1v) is 9.03. The van der Waals surface area contributed by atoms with Crippen molar-refractivity contribution >= 4 is 17.2 Å². The largest absolute Gasteiger partial charge is 0.393 e. The zero-order valence-corrected chi connectivity index (χ0v) is 14.4. The Balaban J connectivity index is 1.56. The molecule has 1 fully saturated rings. The molecule has 1 N–H and O–H groups in total. The number of amides is 1. The summed E-state index contributed by atoms with van der Waals surface area (Å²) in [6.07, 6.45) is 1.43. The van der Waals surface area contributed by atoms with E-state index in [0.29, 0.717) is 25.9 Å². The molecule has 0 saturated carbocycles. The SMILES string of the molecule is CC(O)C1CCN(C(=O)Cc2csc(Cc3ccc(F)cc3)n2)C1. The lowest BCUT2D eigenvalue weighted by Gasteiger charge is -2.17. The van der Waals surface area contributed by atoms with Gasteiger partial charge in [0.15, 0.2) is 0 Å². The predicted octanol–water partition coefficient (Wildman–Crippen LogP) is 2.64. The highest BCUT2D eigenvalue weighted by Gasteiger charge is 2.29. The molecule has 3 rings (SSSR count). The first-order valence-electron chi connectivity index (χ1n) is 8.15. The maximum atomic E-state index is 12.9. The molecule has 0 aliphatic carbocycles. The van der Waals surface area contributed by atoms with Gasteiger partial charge >= 0.3 is 0 Å². The molecule has 2 unspecified atom stereocenters. The second kappa shape index (κ2) is 7.40. The van der Waals surface area contributed by atoms with Crippen LogP contribution in [-0.4, -0.2) is 40.1 Å². The quantitative estimate of drug-likeness (QED) is 0.904. The second-order valence-electron chi connectivity index (χ2n) is 6.34. The number of rotatable bonds is 5. The van der Waals surface area contributed by atoms with Crippen molar-refractivity contribution in [3.63, 3.8) is 0 Å². The lowest BCUT2D eigenvalue weighted by Crippen LogP contribution is -2.31. The van der Waals surface area contributed by atoms with Gasteiger partial charge in [-0.05, 0) is 31.0 Å². The summed E-state index contributed by atoms with van der Waals surface area (Å²) in [5.74, 6) is 0.000456. The Morgan fingerprint density at radius 2 is 2.21 bits per heavy atom. The highest BCUT2D eigenvalue weighted by Crippen LogP contribution is 2.21. The molecule has 2 atom stereocenters. The van der Waals surface area contributed by atoms with Gasteiger partial charge in [0.05, 0.1) is 23.2 Å². The van der Waals surface area contributed by atoms with E-state index in [1.807, 2.05) is 10.3 Å². The van der Waals surface area contributed by atoms with Gasteiger partial charge in [-0.3, -0.25) is 4.79 Å². The van der Waals surface area contributed by atoms with Crippen LogP contribution in [0.5, 0.6) is 0 Å². The molecule has 24 heavy (non-hydrogen) atoms. The number of aromatic nitrogens is 1. The van der Waals surface area contributed by atoms with Gasteiger partial charge in [-0.15, -0.1) is 11.3 Å². The van der Waals surface area contributed by atoms with Gasteiger partial charge in [0.1, 0.15) is 5.82 Å². The molecule has 1 aromatic heterocycles. The Kier molecular flexibility index (Phi) is 5.26. The van der Waals surface area contributed by atoms with E-state index in [9.17, 15) is 14.3 Å². The number of benzene rings is 1. The Labute approximate surface area is 145 Å². The Morgan fingerprint density at radius 1 is 1.46 bits per heavy atom. The van der Waals surface area contributed by atoms with Gasteiger partial charge in [0, 0.05) is 30.8 Å². The second-order valence-corrected chi connectivity index (χ2v) is 7.28. The molecular formula is C18H21FN2O2S. The maximum absolute atomic E-state index is 12.9. The minimum Gasteiger partial charge on any atom is -0.393 e. The van der Waals surface area contributed by atoms with Crippen molar-refractivity contribution < 1.29 is 14.3 Å². The lowest BCUT2D eigenvalue weighted by molar-refractivity contribution is -0.129. The zero-order chi connectivity index (χ0) is 17.1. The number of likely N-dealkylation sites (tertiary alicyclic amines) is 1. The van der Waals surface area contributed by atoms with Crippen LogP contribution in [0, 0.1) is 11.7 Å². The van der Waals surface area contributed by atoms with E-state index >= 15 is 0 Å². The molecule has 2 heterocycles. The summed E-state index contributed by atoms with van der Waals surface area (Å²) >= 11 is 1.52. The number of halogens is 1. The van der Waals surface area contributed by atoms with E-state index in [1.165, 1.54) is 23.5 Å². The molecule has 0 spiro atoms. The van der Waals surface area contributed by atoms with Crippen LogP contribution in [0.25, 0.3) is 0 Å². The highest BCUT2D eigenvalue weighted by atomic mass is 32.1. The predicted molar refractivity (Wildman–Crippen MR) is 91.4 cm³/mol. The summed E-state index contributed by atoms with van der Waals surface area (Å²) < 4.78 is 12.9. The number of hydrogen-bond acceptors (Lipinski definition) is 4. The van der Waals surface area contributed by atoms with Gasteiger partial charge in [0.25, 0.3) is 0 Å². The van der Waals surface area contributed by atoms with Crippen LogP contribution in [0.4, 0.5) is 4.39 Å². The molecule has 1 amide bonds. The fraction of sp³-hybridized carbons (Fsp3) is 0.444. The van der Waals surface area contributed by atoms with Gasteiger partial charge < -0.3 is 10.0 Å². The number of thiazole rings is 1. The standard InChI is InChI=1S/C18H21FN2O2S/c1-12(22)14-6-7-21(10-14)18(23)9-16-11-24-17(20-16)8-13-2-4-15(19)5-3-13/h2-5,11-12,14,22H,6-10H2,1H3. The molecule has 0 radical (unpaired) electrons. The summed E-state index contributed by atoms with van der Waals surface area (Å²) in [7, 11) is 0. The lowest BCUT2D eigenvalue weighted by atomic mass is 10.0. The van der Waals surface area contributed by atoms with E-state index in [1.54, 1.807) is 19.1 Å². The molecular weight excluding hydrogens is 327 g/mol. The average Bonchev–Trinajstić information content (AvgIpc) is 3.19. The molecule has 6 heteroatoms. The van der Waals surface area contributed by atoms with Crippen LogP contribution < -0.4 is 0 Å². The van der Waals surface area contributed by atoms with Crippen LogP contribution in [0.1, 0.15) is 29.6 Å². The number of carbonyl (C=O) groups excluding carboxylic acids is 1. The third-order valence-corrected chi connectivity index (χ3v) is 5.36. The van der Waals surface area contributed by atoms with Crippen molar-refractivity contribution in [3.05, 3.63) is 51.7 Å². The minimum absolute atomic E-state index is 0.0665. The topological polar surface area (TPSA) is 53.4 Å². The number of aliphatic hydroxyl groups is 1. The Morgan fingerprint density at radius 3 is 2.88 bits per heavy atom.